The number of hydrogen-bond acceptors (Lipinski definition) is 5. The van der Waals surface area contributed by atoms with Crippen LogP contribution in [0.1, 0.15) is 6.92 Å². The van der Waals surface area contributed by atoms with E-state index in [2.05, 4.69) is 30.1 Å². The van der Waals surface area contributed by atoms with E-state index in [1.165, 1.54) is 11.8 Å². The van der Waals surface area contributed by atoms with Crippen LogP contribution in [0.4, 0.5) is 0 Å². The summed E-state index contributed by atoms with van der Waals surface area (Å²) in [5.74, 6) is 0. The number of nitrogens with zero attached hydrogens (tertiary/aromatic N) is 9. The van der Waals surface area contributed by atoms with Crippen molar-refractivity contribution in [1.29, 1.82) is 0 Å². The van der Waals surface area contributed by atoms with E-state index in [0.29, 0.717) is 0 Å². The van der Waals surface area contributed by atoms with Crippen LogP contribution in [0.5, 0.6) is 0 Å². The Kier molecular flexibility index (Phi) is 5.99. The number of benzene rings is 1. The van der Waals surface area contributed by atoms with Gasteiger partial charge < -0.3 is 4.74 Å². The zero-order chi connectivity index (χ0) is 16.7. The average Bonchev–Trinajstić information content (AvgIpc) is 2.55. The predicted octanol–water partition coefficient (Wildman–Crippen LogP) is 4.56. The third kappa shape index (κ3) is 4.01. The summed E-state index contributed by atoms with van der Waals surface area (Å²) in [5.41, 5.74) is 25.8. The lowest BCUT2D eigenvalue weighted by Crippen LogP contribution is -2.52. The molecule has 0 spiro atoms. The Morgan fingerprint density at radius 1 is 0.913 bits per heavy atom. The van der Waals surface area contributed by atoms with Gasteiger partial charge in [0.05, 0.1) is 24.2 Å². The normalized spacial score (nSPS) is 29.5. The molecule has 11 heteroatoms. The second-order valence-electron chi connectivity index (χ2n) is 4.73. The van der Waals surface area contributed by atoms with E-state index in [4.69, 9.17) is 21.3 Å². The largest absolute Gasteiger partial charge is 0.363 e. The summed E-state index contributed by atoms with van der Waals surface area (Å²) in [5, 5.41) is 11.0. The third-order valence-corrected chi connectivity index (χ3v) is 4.53. The van der Waals surface area contributed by atoms with E-state index >= 15 is 0 Å². The molecule has 1 aromatic rings. The summed E-state index contributed by atoms with van der Waals surface area (Å²) in [6.07, 6.45) is -0.479. The lowest BCUT2D eigenvalue weighted by Gasteiger charge is -2.40. The van der Waals surface area contributed by atoms with E-state index in [0.717, 1.165) is 4.90 Å². The number of azide groups is 3. The molecular formula is C12H13N9OS. The molecule has 1 fully saturated rings. The maximum Gasteiger partial charge on any atom is 0.116 e. The summed E-state index contributed by atoms with van der Waals surface area (Å²) in [7, 11) is 0. The standard InChI is InChI=1S/C12H13N9OS/c1-7-9(16-19-13)10(17-20-14)11(18-21-15)12(22-7)23-8-5-3-2-4-6-8/h2-7,9-12H,1H3/t7-,9+,10-,11-,12+/m0/s1. The molecule has 118 valence electrons. The highest BCUT2D eigenvalue weighted by molar-refractivity contribution is 7.99. The van der Waals surface area contributed by atoms with Gasteiger partial charge in [-0.3, -0.25) is 0 Å². The highest BCUT2D eigenvalue weighted by Crippen LogP contribution is 2.37. The molecule has 2 rings (SSSR count). The Morgan fingerprint density at radius 2 is 1.48 bits per heavy atom. The highest BCUT2D eigenvalue weighted by atomic mass is 32.2. The van der Waals surface area contributed by atoms with Crippen LogP contribution < -0.4 is 0 Å². The summed E-state index contributed by atoms with van der Waals surface area (Å²) >= 11 is 1.36. The first-order chi connectivity index (χ1) is 11.2. The van der Waals surface area contributed by atoms with Crippen LogP contribution in [-0.2, 0) is 4.74 Å². The maximum atomic E-state index is 8.83. The molecule has 10 nitrogen and oxygen atoms in total. The topological polar surface area (TPSA) is 156 Å². The monoisotopic (exact) mass is 331 g/mol. The first kappa shape index (κ1) is 16.8. The first-order valence-electron chi connectivity index (χ1n) is 6.71. The van der Waals surface area contributed by atoms with Crippen molar-refractivity contribution in [2.45, 2.75) is 41.5 Å². The van der Waals surface area contributed by atoms with Crippen molar-refractivity contribution >= 4 is 11.8 Å². The van der Waals surface area contributed by atoms with E-state index < -0.39 is 29.7 Å². The molecule has 1 aliphatic rings. The van der Waals surface area contributed by atoms with Gasteiger partial charge in [-0.1, -0.05) is 45.3 Å². The van der Waals surface area contributed by atoms with Gasteiger partial charge in [0.15, 0.2) is 0 Å². The van der Waals surface area contributed by atoms with Gasteiger partial charge in [0.1, 0.15) is 5.44 Å². The fourth-order valence-electron chi connectivity index (χ4n) is 2.34. The molecule has 0 unspecified atom stereocenters. The Hall–Kier alpha value is -2.54. The number of rotatable bonds is 5. The molecule has 0 N–H and O–H groups in total. The van der Waals surface area contributed by atoms with Crippen LogP contribution >= 0.6 is 11.8 Å². The number of ether oxygens (including phenoxy) is 1. The van der Waals surface area contributed by atoms with Crippen molar-refractivity contribution in [3.05, 3.63) is 61.7 Å². The zero-order valence-corrected chi connectivity index (χ0v) is 12.9. The molecule has 0 aliphatic carbocycles. The van der Waals surface area contributed by atoms with Crippen LogP contribution in [0.3, 0.4) is 0 Å². The van der Waals surface area contributed by atoms with E-state index in [1.807, 2.05) is 30.3 Å². The predicted molar refractivity (Wildman–Crippen MR) is 85.4 cm³/mol. The maximum absolute atomic E-state index is 8.83. The third-order valence-electron chi connectivity index (χ3n) is 3.36. The minimum atomic E-state index is -0.809. The van der Waals surface area contributed by atoms with Crippen LogP contribution in [0.15, 0.2) is 50.6 Å². The van der Waals surface area contributed by atoms with Gasteiger partial charge >= 0.3 is 0 Å². The zero-order valence-electron chi connectivity index (χ0n) is 12.1. The van der Waals surface area contributed by atoms with Gasteiger partial charge in [0.2, 0.25) is 0 Å². The van der Waals surface area contributed by atoms with Crippen molar-refractivity contribution in [2.24, 2.45) is 15.3 Å². The second-order valence-corrected chi connectivity index (χ2v) is 5.90. The van der Waals surface area contributed by atoms with Gasteiger partial charge in [-0.15, -0.1) is 0 Å². The molecule has 1 saturated heterocycles. The van der Waals surface area contributed by atoms with E-state index in [9.17, 15) is 0 Å². The molecule has 1 heterocycles. The van der Waals surface area contributed by atoms with Gasteiger partial charge in [-0.05, 0) is 35.6 Å². The smallest absolute Gasteiger partial charge is 0.116 e. The van der Waals surface area contributed by atoms with Gasteiger partial charge in [-0.25, -0.2) is 0 Å². The Bertz CT molecular complexity index is 679. The van der Waals surface area contributed by atoms with Gasteiger partial charge in [0, 0.05) is 19.6 Å². The fourth-order valence-corrected chi connectivity index (χ4v) is 3.51. The van der Waals surface area contributed by atoms with Crippen LogP contribution in [0, 0.1) is 0 Å². The van der Waals surface area contributed by atoms with Crippen molar-refractivity contribution in [3.63, 3.8) is 0 Å². The average molecular weight is 331 g/mol. The molecule has 23 heavy (non-hydrogen) atoms. The summed E-state index contributed by atoms with van der Waals surface area (Å²) in [4.78, 5) is 9.30. The Balaban J connectivity index is 2.36. The van der Waals surface area contributed by atoms with Crippen molar-refractivity contribution in [3.8, 4) is 0 Å². The van der Waals surface area contributed by atoms with Crippen LogP contribution in [-0.4, -0.2) is 29.7 Å². The lowest BCUT2D eigenvalue weighted by molar-refractivity contribution is -0.0258. The minimum Gasteiger partial charge on any atom is -0.363 e. The lowest BCUT2D eigenvalue weighted by atomic mass is 9.95. The molecular weight excluding hydrogens is 318 g/mol. The molecule has 1 aliphatic heterocycles. The summed E-state index contributed by atoms with van der Waals surface area (Å²) in [6.45, 7) is 1.73. The van der Waals surface area contributed by atoms with Crippen LogP contribution in [0.25, 0.3) is 31.3 Å². The molecule has 0 saturated carbocycles. The molecule has 0 bridgehead atoms. The molecule has 1 aromatic carbocycles. The van der Waals surface area contributed by atoms with Gasteiger partial charge in [-0.2, -0.15) is 0 Å². The summed E-state index contributed by atoms with van der Waals surface area (Å²) < 4.78 is 5.85. The number of hydrogen-bond donors (Lipinski definition) is 0. The van der Waals surface area contributed by atoms with Gasteiger partial charge in [0.25, 0.3) is 0 Å². The Morgan fingerprint density at radius 3 is 2.09 bits per heavy atom. The van der Waals surface area contributed by atoms with Crippen LogP contribution in [0.2, 0.25) is 0 Å². The van der Waals surface area contributed by atoms with Crippen molar-refractivity contribution in [2.75, 3.05) is 0 Å². The molecule has 5 atom stereocenters. The van der Waals surface area contributed by atoms with Crippen molar-refractivity contribution < 1.29 is 4.74 Å². The molecule has 0 amide bonds. The second kappa shape index (κ2) is 8.19. The quantitative estimate of drug-likeness (QED) is 0.440. The number of thioether (sulfide) groups is 1. The fraction of sp³-hybridized carbons (Fsp3) is 0.500. The molecule has 0 radical (unpaired) electrons. The van der Waals surface area contributed by atoms with E-state index in [-0.39, 0.29) is 0 Å². The first-order valence-corrected chi connectivity index (χ1v) is 7.59. The van der Waals surface area contributed by atoms with E-state index in [1.54, 1.807) is 6.92 Å². The molecule has 0 aromatic heterocycles. The minimum absolute atomic E-state index is 0.479. The Labute approximate surface area is 135 Å². The summed E-state index contributed by atoms with van der Waals surface area (Å²) in [6, 6.07) is 7.11. The van der Waals surface area contributed by atoms with Crippen molar-refractivity contribution in [1.82, 2.24) is 0 Å². The highest BCUT2D eigenvalue weighted by Gasteiger charge is 2.43. The SMILES string of the molecule is C[C@@H]1O[C@H](Sc2ccccc2)[C@@H](N=[N+]=[N-])[C@@H](N=[N+]=[N-])[C@@H]1N=[N+]=[N-].